The van der Waals surface area contributed by atoms with E-state index in [2.05, 4.69) is 15.3 Å². The van der Waals surface area contributed by atoms with E-state index in [1.165, 1.54) is 20.4 Å². The Morgan fingerprint density at radius 1 is 1.26 bits per heavy atom. The molecule has 0 aliphatic heterocycles. The van der Waals surface area contributed by atoms with E-state index >= 15 is 0 Å². The van der Waals surface area contributed by atoms with Gasteiger partial charge in [0.15, 0.2) is 11.4 Å². The second kappa shape index (κ2) is 5.47. The molecule has 0 aliphatic carbocycles. The number of aryl methyl sites for hydroxylation is 1. The van der Waals surface area contributed by atoms with Crippen molar-refractivity contribution >= 4 is 5.78 Å². The van der Waals surface area contributed by atoms with Crippen molar-refractivity contribution in [1.29, 1.82) is 0 Å². The lowest BCUT2D eigenvalue weighted by molar-refractivity contribution is 0.102. The highest BCUT2D eigenvalue weighted by atomic mass is 16.5. The molecule has 0 spiro atoms. The summed E-state index contributed by atoms with van der Waals surface area (Å²) in [5, 5.41) is 11.7. The molecule has 7 heteroatoms. The summed E-state index contributed by atoms with van der Waals surface area (Å²) in [7, 11) is 2.98. The fraction of sp³-hybridized carbons (Fsp3) is 0.333. The van der Waals surface area contributed by atoms with Crippen molar-refractivity contribution in [3.8, 4) is 11.6 Å². The molecule has 0 saturated heterocycles. The van der Waals surface area contributed by atoms with E-state index in [1.54, 1.807) is 16.8 Å². The van der Waals surface area contributed by atoms with E-state index < -0.39 is 0 Å². The number of ketones is 1. The van der Waals surface area contributed by atoms with Gasteiger partial charge in [0.1, 0.15) is 5.69 Å². The Morgan fingerprint density at radius 2 is 2.05 bits per heavy atom. The third kappa shape index (κ3) is 2.40. The van der Waals surface area contributed by atoms with Gasteiger partial charge in [0, 0.05) is 12.6 Å². The topological polar surface area (TPSA) is 79.1 Å². The first-order chi connectivity index (χ1) is 9.21. The predicted octanol–water partition coefficient (Wildman–Crippen LogP) is 0.941. The van der Waals surface area contributed by atoms with E-state index in [0.717, 1.165) is 0 Å². The molecule has 0 aromatic carbocycles. The summed E-state index contributed by atoms with van der Waals surface area (Å²) in [4.78, 5) is 12.4. The number of aromatic nitrogens is 4. The number of hydrogen-bond acceptors (Lipinski definition) is 6. The second-order valence-electron chi connectivity index (χ2n) is 3.67. The number of rotatable bonds is 5. The Morgan fingerprint density at radius 3 is 2.58 bits per heavy atom. The first-order valence-corrected chi connectivity index (χ1v) is 5.73. The molecule has 0 bridgehead atoms. The number of ether oxygens (including phenoxy) is 2. The fourth-order valence-corrected chi connectivity index (χ4v) is 1.66. The zero-order chi connectivity index (χ0) is 13.8. The van der Waals surface area contributed by atoms with Gasteiger partial charge < -0.3 is 9.47 Å². The number of hydrogen-bond donors (Lipinski definition) is 0. The average molecular weight is 262 g/mol. The van der Waals surface area contributed by atoms with Crippen LogP contribution in [-0.2, 0) is 6.54 Å². The molecule has 0 aliphatic rings. The lowest BCUT2D eigenvalue weighted by atomic mass is 10.2. The molecule has 0 amide bonds. The quantitative estimate of drug-likeness (QED) is 0.746. The van der Waals surface area contributed by atoms with Crippen LogP contribution in [0.25, 0.3) is 0 Å². The summed E-state index contributed by atoms with van der Waals surface area (Å²) in [5.74, 6) is 0.489. The van der Waals surface area contributed by atoms with Gasteiger partial charge in [-0.3, -0.25) is 9.48 Å². The standard InChI is InChI=1S/C12H14N4O3/c1-4-16-11(9(18-2)7-13-16)12(17)8-5-6-10(19-3)15-14-8/h5-7H,4H2,1-3H3. The summed E-state index contributed by atoms with van der Waals surface area (Å²) >= 11 is 0. The van der Waals surface area contributed by atoms with Gasteiger partial charge in [0.25, 0.3) is 0 Å². The molecule has 0 unspecified atom stereocenters. The molecule has 2 heterocycles. The van der Waals surface area contributed by atoms with E-state index in [1.807, 2.05) is 6.92 Å². The van der Waals surface area contributed by atoms with Gasteiger partial charge in [-0.25, -0.2) is 0 Å². The van der Waals surface area contributed by atoms with Crippen LogP contribution in [0, 0.1) is 0 Å². The minimum absolute atomic E-state index is 0.217. The molecular formula is C12H14N4O3. The van der Waals surface area contributed by atoms with Gasteiger partial charge in [0.2, 0.25) is 11.7 Å². The fourth-order valence-electron chi connectivity index (χ4n) is 1.66. The van der Waals surface area contributed by atoms with E-state index in [9.17, 15) is 4.79 Å². The van der Waals surface area contributed by atoms with Crippen molar-refractivity contribution in [2.75, 3.05) is 14.2 Å². The van der Waals surface area contributed by atoms with Crippen molar-refractivity contribution < 1.29 is 14.3 Å². The van der Waals surface area contributed by atoms with Gasteiger partial charge in [0.05, 0.1) is 20.4 Å². The summed E-state index contributed by atoms with van der Waals surface area (Å²) in [5.41, 5.74) is 0.582. The molecule has 0 fully saturated rings. The molecule has 2 aromatic heterocycles. The lowest BCUT2D eigenvalue weighted by Crippen LogP contribution is -2.13. The Hall–Kier alpha value is -2.44. The predicted molar refractivity (Wildman–Crippen MR) is 66.5 cm³/mol. The smallest absolute Gasteiger partial charge is 0.235 e. The Kier molecular flexibility index (Phi) is 3.74. The molecule has 0 radical (unpaired) electrons. The molecule has 0 saturated carbocycles. The molecule has 2 aromatic rings. The minimum Gasteiger partial charge on any atom is -0.493 e. The average Bonchev–Trinajstić information content (AvgIpc) is 2.89. The van der Waals surface area contributed by atoms with Crippen LogP contribution in [0.2, 0.25) is 0 Å². The van der Waals surface area contributed by atoms with E-state index in [0.29, 0.717) is 23.9 Å². The summed E-state index contributed by atoms with van der Waals surface area (Å²) in [6.45, 7) is 2.46. The van der Waals surface area contributed by atoms with E-state index in [-0.39, 0.29) is 11.5 Å². The zero-order valence-electron chi connectivity index (χ0n) is 11.0. The Labute approximate surface area is 110 Å². The highest BCUT2D eigenvalue weighted by Crippen LogP contribution is 2.20. The van der Waals surface area contributed by atoms with Crippen LogP contribution in [0.15, 0.2) is 18.3 Å². The molecular weight excluding hydrogens is 248 g/mol. The van der Waals surface area contributed by atoms with Gasteiger partial charge in [-0.05, 0) is 13.0 Å². The minimum atomic E-state index is -0.286. The number of carbonyl (C=O) groups is 1. The summed E-state index contributed by atoms with van der Waals surface area (Å²) in [6.07, 6.45) is 1.51. The maximum Gasteiger partial charge on any atom is 0.235 e. The normalized spacial score (nSPS) is 10.3. The molecule has 0 N–H and O–H groups in total. The highest BCUT2D eigenvalue weighted by molar-refractivity contribution is 6.08. The number of nitrogens with zero attached hydrogens (tertiary/aromatic N) is 4. The number of carbonyl (C=O) groups excluding carboxylic acids is 1. The third-order valence-electron chi connectivity index (χ3n) is 2.62. The monoisotopic (exact) mass is 262 g/mol. The zero-order valence-corrected chi connectivity index (χ0v) is 11.0. The van der Waals surface area contributed by atoms with Crippen LogP contribution in [0.4, 0.5) is 0 Å². The maximum absolute atomic E-state index is 12.4. The highest BCUT2D eigenvalue weighted by Gasteiger charge is 2.21. The molecule has 7 nitrogen and oxygen atoms in total. The van der Waals surface area contributed by atoms with Crippen LogP contribution in [0.3, 0.4) is 0 Å². The van der Waals surface area contributed by atoms with Crippen LogP contribution in [0.5, 0.6) is 11.6 Å². The summed E-state index contributed by atoms with van der Waals surface area (Å²) < 4.78 is 11.6. The lowest BCUT2D eigenvalue weighted by Gasteiger charge is -2.05. The largest absolute Gasteiger partial charge is 0.493 e. The SMILES string of the molecule is CCn1ncc(OC)c1C(=O)c1ccc(OC)nn1. The van der Waals surface area contributed by atoms with Crippen LogP contribution < -0.4 is 9.47 Å². The van der Waals surface area contributed by atoms with Gasteiger partial charge in [-0.15, -0.1) is 10.2 Å². The van der Waals surface area contributed by atoms with Crippen molar-refractivity contribution in [3.63, 3.8) is 0 Å². The van der Waals surface area contributed by atoms with Gasteiger partial charge >= 0.3 is 0 Å². The molecule has 100 valence electrons. The maximum atomic E-state index is 12.4. The van der Waals surface area contributed by atoms with Crippen LogP contribution in [-0.4, -0.2) is 40.0 Å². The molecule has 2 rings (SSSR count). The molecule has 0 atom stereocenters. The first-order valence-electron chi connectivity index (χ1n) is 5.73. The Bertz CT molecular complexity index is 556. The molecule has 19 heavy (non-hydrogen) atoms. The van der Waals surface area contributed by atoms with Crippen LogP contribution in [0.1, 0.15) is 23.1 Å². The first kappa shape index (κ1) is 13.0. The summed E-state index contributed by atoms with van der Waals surface area (Å²) in [6, 6.07) is 3.14. The van der Waals surface area contributed by atoms with Gasteiger partial charge in [-0.2, -0.15) is 5.10 Å². The second-order valence-corrected chi connectivity index (χ2v) is 3.67. The number of methoxy groups -OCH3 is 2. The van der Waals surface area contributed by atoms with E-state index in [4.69, 9.17) is 9.47 Å². The van der Waals surface area contributed by atoms with Crippen molar-refractivity contribution in [3.05, 3.63) is 29.7 Å². The van der Waals surface area contributed by atoms with Crippen molar-refractivity contribution in [2.24, 2.45) is 0 Å². The van der Waals surface area contributed by atoms with Crippen molar-refractivity contribution in [1.82, 2.24) is 20.0 Å². The van der Waals surface area contributed by atoms with Gasteiger partial charge in [-0.1, -0.05) is 0 Å². The van der Waals surface area contributed by atoms with Crippen LogP contribution >= 0.6 is 0 Å². The Balaban J connectivity index is 2.39. The van der Waals surface area contributed by atoms with Crippen molar-refractivity contribution in [2.45, 2.75) is 13.5 Å². The third-order valence-corrected chi connectivity index (χ3v) is 2.62.